The van der Waals surface area contributed by atoms with Gasteiger partial charge in [-0.05, 0) is 32.1 Å². The zero-order chi connectivity index (χ0) is 13.3. The molecule has 2 rings (SSSR count). The van der Waals surface area contributed by atoms with E-state index in [1.165, 1.54) is 0 Å². The number of nitrogens with zero attached hydrogens (tertiary/aromatic N) is 1. The highest BCUT2D eigenvalue weighted by molar-refractivity contribution is 5.97. The third kappa shape index (κ3) is 2.14. The number of carboxylic acid groups (broad SMARTS) is 1. The van der Waals surface area contributed by atoms with Crippen molar-refractivity contribution in [3.63, 3.8) is 0 Å². The van der Waals surface area contributed by atoms with Crippen molar-refractivity contribution in [2.24, 2.45) is 0 Å². The molecule has 0 unspecified atom stereocenters. The third-order valence-electron chi connectivity index (χ3n) is 3.09. The van der Waals surface area contributed by atoms with E-state index in [0.717, 1.165) is 0 Å². The van der Waals surface area contributed by atoms with Gasteiger partial charge in [-0.1, -0.05) is 18.2 Å². The summed E-state index contributed by atoms with van der Waals surface area (Å²) in [5, 5.41) is 9.01. The second-order valence-electron chi connectivity index (χ2n) is 4.89. The van der Waals surface area contributed by atoms with Crippen molar-refractivity contribution in [1.29, 1.82) is 0 Å². The van der Waals surface area contributed by atoms with Crippen LogP contribution in [0.3, 0.4) is 0 Å². The summed E-state index contributed by atoms with van der Waals surface area (Å²) in [5.74, 6) is -1.11. The molecule has 1 aliphatic rings. The number of carbonyl (C=O) groups is 2. The van der Waals surface area contributed by atoms with Crippen molar-refractivity contribution in [1.82, 2.24) is 4.90 Å². The number of hydrogen-bond acceptors (Lipinski definition) is 2. The van der Waals surface area contributed by atoms with Gasteiger partial charge in [-0.3, -0.25) is 4.79 Å². The standard InChI is InChI=1S/C14H15NO3/c1-14(2)8-11(13(17)18)9-15(14)12(16)10-6-4-3-5-7-10/h3-8H,9H2,1-2H3,(H,17,18). The number of rotatable bonds is 2. The monoisotopic (exact) mass is 245 g/mol. The van der Waals surface area contributed by atoms with Gasteiger partial charge in [0.15, 0.2) is 0 Å². The van der Waals surface area contributed by atoms with Gasteiger partial charge in [-0.15, -0.1) is 0 Å². The molecule has 0 spiro atoms. The van der Waals surface area contributed by atoms with Crippen molar-refractivity contribution in [3.05, 3.63) is 47.5 Å². The maximum Gasteiger partial charge on any atom is 0.333 e. The normalized spacial score (nSPS) is 17.4. The van der Waals surface area contributed by atoms with Crippen LogP contribution in [0.2, 0.25) is 0 Å². The quantitative estimate of drug-likeness (QED) is 0.866. The number of hydrogen-bond donors (Lipinski definition) is 1. The van der Waals surface area contributed by atoms with E-state index in [4.69, 9.17) is 5.11 Å². The van der Waals surface area contributed by atoms with Crippen LogP contribution in [0.15, 0.2) is 42.0 Å². The molecule has 4 heteroatoms. The molecule has 0 aromatic heterocycles. The van der Waals surface area contributed by atoms with Gasteiger partial charge >= 0.3 is 5.97 Å². The Kier molecular flexibility index (Phi) is 2.95. The third-order valence-corrected chi connectivity index (χ3v) is 3.09. The number of benzene rings is 1. The molecule has 1 aromatic carbocycles. The fourth-order valence-electron chi connectivity index (χ4n) is 2.12. The summed E-state index contributed by atoms with van der Waals surface area (Å²) in [6, 6.07) is 8.89. The van der Waals surface area contributed by atoms with E-state index in [9.17, 15) is 9.59 Å². The van der Waals surface area contributed by atoms with Crippen LogP contribution in [0.5, 0.6) is 0 Å². The van der Waals surface area contributed by atoms with Crippen LogP contribution in [-0.2, 0) is 4.79 Å². The van der Waals surface area contributed by atoms with Gasteiger partial charge in [-0.2, -0.15) is 0 Å². The van der Waals surface area contributed by atoms with Gasteiger partial charge in [0, 0.05) is 5.56 Å². The lowest BCUT2D eigenvalue weighted by Gasteiger charge is -2.31. The Hall–Kier alpha value is -2.10. The van der Waals surface area contributed by atoms with Gasteiger partial charge in [0.25, 0.3) is 5.91 Å². The minimum Gasteiger partial charge on any atom is -0.478 e. The Morgan fingerprint density at radius 1 is 1.22 bits per heavy atom. The number of aliphatic carboxylic acids is 1. The maximum absolute atomic E-state index is 12.3. The highest BCUT2D eigenvalue weighted by atomic mass is 16.4. The summed E-state index contributed by atoms with van der Waals surface area (Å²) in [5.41, 5.74) is 0.274. The van der Waals surface area contributed by atoms with Crippen molar-refractivity contribution >= 4 is 11.9 Å². The number of amides is 1. The summed E-state index contributed by atoms with van der Waals surface area (Å²) in [6.07, 6.45) is 1.64. The van der Waals surface area contributed by atoms with E-state index < -0.39 is 11.5 Å². The number of carboxylic acids is 1. The largest absolute Gasteiger partial charge is 0.478 e. The average molecular weight is 245 g/mol. The molecule has 1 aromatic rings. The summed E-state index contributed by atoms with van der Waals surface area (Å²) in [4.78, 5) is 24.9. The lowest BCUT2D eigenvalue weighted by molar-refractivity contribution is -0.132. The minimum absolute atomic E-state index is 0.145. The van der Waals surface area contributed by atoms with E-state index in [1.807, 2.05) is 19.9 Å². The lowest BCUT2D eigenvalue weighted by atomic mass is 10.0. The molecule has 0 aliphatic carbocycles. The smallest absolute Gasteiger partial charge is 0.333 e. The molecule has 18 heavy (non-hydrogen) atoms. The summed E-state index contributed by atoms with van der Waals surface area (Å²) < 4.78 is 0. The Bertz CT molecular complexity index is 517. The van der Waals surface area contributed by atoms with Crippen molar-refractivity contribution < 1.29 is 14.7 Å². The Morgan fingerprint density at radius 2 is 1.83 bits per heavy atom. The van der Waals surface area contributed by atoms with Crippen LogP contribution in [0.4, 0.5) is 0 Å². The minimum atomic E-state index is -0.966. The molecule has 1 aliphatic heterocycles. The van der Waals surface area contributed by atoms with Crippen molar-refractivity contribution in [2.75, 3.05) is 6.54 Å². The van der Waals surface area contributed by atoms with E-state index in [-0.39, 0.29) is 18.0 Å². The molecular formula is C14H15NO3. The van der Waals surface area contributed by atoms with Gasteiger partial charge in [0.05, 0.1) is 17.7 Å². The first-order valence-corrected chi connectivity index (χ1v) is 5.74. The Morgan fingerprint density at radius 3 is 2.33 bits per heavy atom. The van der Waals surface area contributed by atoms with Crippen LogP contribution in [0, 0.1) is 0 Å². The average Bonchev–Trinajstić information content (AvgIpc) is 2.65. The highest BCUT2D eigenvalue weighted by Gasteiger charge is 2.37. The van der Waals surface area contributed by atoms with E-state index in [2.05, 4.69) is 0 Å². The molecular weight excluding hydrogens is 230 g/mol. The zero-order valence-corrected chi connectivity index (χ0v) is 10.4. The van der Waals surface area contributed by atoms with E-state index in [0.29, 0.717) is 5.56 Å². The molecule has 1 amide bonds. The van der Waals surface area contributed by atoms with E-state index in [1.54, 1.807) is 35.2 Å². The molecule has 0 radical (unpaired) electrons. The SMILES string of the molecule is CC1(C)C=C(C(=O)O)CN1C(=O)c1ccccc1. The summed E-state index contributed by atoms with van der Waals surface area (Å²) >= 11 is 0. The van der Waals surface area contributed by atoms with Gasteiger partial charge < -0.3 is 10.0 Å². The molecule has 0 saturated heterocycles. The Labute approximate surface area is 106 Å². The summed E-state index contributed by atoms with van der Waals surface area (Å²) in [6.45, 7) is 3.82. The van der Waals surface area contributed by atoms with Gasteiger partial charge in [0.2, 0.25) is 0 Å². The molecule has 0 atom stereocenters. The zero-order valence-electron chi connectivity index (χ0n) is 10.4. The predicted octanol–water partition coefficient (Wildman–Crippen LogP) is 1.93. The fraction of sp³-hybridized carbons (Fsp3) is 0.286. The van der Waals surface area contributed by atoms with Crippen LogP contribution < -0.4 is 0 Å². The molecule has 1 heterocycles. The van der Waals surface area contributed by atoms with E-state index >= 15 is 0 Å². The molecule has 94 valence electrons. The first-order chi connectivity index (χ1) is 8.42. The van der Waals surface area contributed by atoms with Crippen molar-refractivity contribution in [2.45, 2.75) is 19.4 Å². The second kappa shape index (κ2) is 4.29. The van der Waals surface area contributed by atoms with Gasteiger partial charge in [0.1, 0.15) is 0 Å². The molecule has 0 saturated carbocycles. The Balaban J connectivity index is 2.27. The van der Waals surface area contributed by atoms with Crippen LogP contribution in [0.1, 0.15) is 24.2 Å². The lowest BCUT2D eigenvalue weighted by Crippen LogP contribution is -2.43. The highest BCUT2D eigenvalue weighted by Crippen LogP contribution is 2.28. The van der Waals surface area contributed by atoms with Gasteiger partial charge in [-0.25, -0.2) is 4.79 Å². The first kappa shape index (κ1) is 12.4. The maximum atomic E-state index is 12.3. The second-order valence-corrected chi connectivity index (χ2v) is 4.89. The predicted molar refractivity (Wildman–Crippen MR) is 67.3 cm³/mol. The summed E-state index contributed by atoms with van der Waals surface area (Å²) in [7, 11) is 0. The molecule has 1 N–H and O–H groups in total. The van der Waals surface area contributed by atoms with Crippen LogP contribution >= 0.6 is 0 Å². The van der Waals surface area contributed by atoms with Crippen LogP contribution in [0.25, 0.3) is 0 Å². The topological polar surface area (TPSA) is 57.6 Å². The van der Waals surface area contributed by atoms with Crippen LogP contribution in [-0.4, -0.2) is 34.0 Å². The van der Waals surface area contributed by atoms with Crippen molar-refractivity contribution in [3.8, 4) is 0 Å². The fourth-order valence-corrected chi connectivity index (χ4v) is 2.12. The number of carbonyl (C=O) groups excluding carboxylic acids is 1. The molecule has 0 bridgehead atoms. The first-order valence-electron chi connectivity index (χ1n) is 5.74. The molecule has 4 nitrogen and oxygen atoms in total. The molecule has 0 fully saturated rings.